The molecule has 0 saturated carbocycles. The van der Waals surface area contributed by atoms with Crippen LogP contribution in [0.25, 0.3) is 0 Å². The topological polar surface area (TPSA) is 75.4 Å². The Bertz CT molecular complexity index is 339. The predicted octanol–water partition coefficient (Wildman–Crippen LogP) is 1.31. The molecule has 2 N–H and O–H groups in total. The zero-order valence-corrected chi connectivity index (χ0v) is 7.86. The Hall–Kier alpha value is -1.62. The van der Waals surface area contributed by atoms with E-state index < -0.39 is 4.92 Å². The van der Waals surface area contributed by atoms with Gasteiger partial charge in [0.15, 0.2) is 0 Å². The third kappa shape index (κ3) is 2.20. The third-order valence-electron chi connectivity index (χ3n) is 1.85. The van der Waals surface area contributed by atoms with E-state index in [1.54, 1.807) is 25.1 Å². The van der Waals surface area contributed by atoms with E-state index in [1.807, 2.05) is 0 Å². The molecule has 5 nitrogen and oxygen atoms in total. The highest BCUT2D eigenvalue weighted by atomic mass is 16.6. The van der Waals surface area contributed by atoms with Crippen LogP contribution in [-0.4, -0.2) is 23.2 Å². The van der Waals surface area contributed by atoms with Gasteiger partial charge < -0.3 is 10.4 Å². The molecule has 0 aliphatic rings. The van der Waals surface area contributed by atoms with Crippen molar-refractivity contribution in [1.29, 1.82) is 0 Å². The van der Waals surface area contributed by atoms with E-state index in [-0.39, 0.29) is 12.3 Å². The fourth-order valence-corrected chi connectivity index (χ4v) is 1.23. The van der Waals surface area contributed by atoms with Gasteiger partial charge in [0, 0.05) is 12.1 Å². The number of hydrogen-bond donors (Lipinski definition) is 2. The quantitative estimate of drug-likeness (QED) is 0.562. The summed E-state index contributed by atoms with van der Waals surface area (Å²) in [6.07, 6.45) is 0. The van der Waals surface area contributed by atoms with Crippen molar-refractivity contribution < 1.29 is 10.0 Å². The number of anilines is 1. The first-order valence-corrected chi connectivity index (χ1v) is 4.25. The maximum Gasteiger partial charge on any atom is 0.295 e. The van der Waals surface area contributed by atoms with E-state index in [0.29, 0.717) is 17.8 Å². The van der Waals surface area contributed by atoms with Crippen molar-refractivity contribution in [3.8, 4) is 0 Å². The molecule has 0 amide bonds. The minimum absolute atomic E-state index is 0.0505. The van der Waals surface area contributed by atoms with Gasteiger partial charge >= 0.3 is 0 Å². The number of nitro groups is 1. The molecule has 0 atom stereocenters. The number of aryl methyl sites for hydroxylation is 1. The molecule has 76 valence electrons. The molecule has 0 spiro atoms. The van der Waals surface area contributed by atoms with Gasteiger partial charge in [0.05, 0.1) is 11.5 Å². The molecule has 0 unspecified atom stereocenters. The lowest BCUT2D eigenvalue weighted by atomic mass is 10.1. The maximum atomic E-state index is 10.7. The average Bonchev–Trinajstić information content (AvgIpc) is 2.14. The minimum Gasteiger partial charge on any atom is -0.395 e. The lowest BCUT2D eigenvalue weighted by Gasteiger charge is -2.06. The lowest BCUT2D eigenvalue weighted by Crippen LogP contribution is -2.08. The zero-order chi connectivity index (χ0) is 10.6. The van der Waals surface area contributed by atoms with Gasteiger partial charge in [-0.2, -0.15) is 0 Å². The van der Waals surface area contributed by atoms with Crippen molar-refractivity contribution in [1.82, 2.24) is 0 Å². The van der Waals surface area contributed by atoms with Gasteiger partial charge in [-0.15, -0.1) is 0 Å². The van der Waals surface area contributed by atoms with Crippen LogP contribution in [-0.2, 0) is 0 Å². The summed E-state index contributed by atoms with van der Waals surface area (Å²) in [5.41, 5.74) is 1.13. The number of aliphatic hydroxyl groups is 1. The number of hydrogen-bond acceptors (Lipinski definition) is 4. The van der Waals surface area contributed by atoms with Crippen molar-refractivity contribution in [2.75, 3.05) is 18.5 Å². The highest BCUT2D eigenvalue weighted by Gasteiger charge is 2.15. The highest BCUT2D eigenvalue weighted by molar-refractivity contribution is 5.64. The standard InChI is InChI=1S/C9H12N2O3/c1-7-3-2-4-8(10-5-6-12)9(7)11(13)14/h2-4,10,12H,5-6H2,1H3. The molecule has 0 saturated heterocycles. The zero-order valence-electron chi connectivity index (χ0n) is 7.86. The third-order valence-corrected chi connectivity index (χ3v) is 1.85. The smallest absolute Gasteiger partial charge is 0.295 e. The second kappa shape index (κ2) is 4.57. The summed E-state index contributed by atoms with van der Waals surface area (Å²) in [6, 6.07) is 5.05. The van der Waals surface area contributed by atoms with Crippen LogP contribution in [0.15, 0.2) is 18.2 Å². The summed E-state index contributed by atoms with van der Waals surface area (Å²) < 4.78 is 0. The number of nitro benzene ring substituents is 1. The van der Waals surface area contributed by atoms with Crippen molar-refractivity contribution in [2.45, 2.75) is 6.92 Å². The van der Waals surface area contributed by atoms with Crippen LogP contribution in [0.2, 0.25) is 0 Å². The van der Waals surface area contributed by atoms with E-state index in [1.165, 1.54) is 0 Å². The Morgan fingerprint density at radius 1 is 1.57 bits per heavy atom. The summed E-state index contributed by atoms with van der Waals surface area (Å²) in [5, 5.41) is 22.1. The fraction of sp³-hybridized carbons (Fsp3) is 0.333. The Kier molecular flexibility index (Phi) is 3.41. The van der Waals surface area contributed by atoms with Gasteiger partial charge in [-0.1, -0.05) is 12.1 Å². The van der Waals surface area contributed by atoms with Gasteiger partial charge in [0.2, 0.25) is 0 Å². The highest BCUT2D eigenvalue weighted by Crippen LogP contribution is 2.27. The Morgan fingerprint density at radius 2 is 2.29 bits per heavy atom. The summed E-state index contributed by atoms with van der Waals surface area (Å²) in [5.74, 6) is 0. The minimum atomic E-state index is -0.422. The number of para-hydroxylation sites is 1. The van der Waals surface area contributed by atoms with E-state index in [9.17, 15) is 10.1 Å². The van der Waals surface area contributed by atoms with Gasteiger partial charge in [-0.05, 0) is 13.0 Å². The largest absolute Gasteiger partial charge is 0.395 e. The van der Waals surface area contributed by atoms with Crippen LogP contribution < -0.4 is 5.32 Å². The first kappa shape index (κ1) is 10.5. The van der Waals surface area contributed by atoms with Gasteiger partial charge in [-0.25, -0.2) is 0 Å². The van der Waals surface area contributed by atoms with Crippen LogP contribution >= 0.6 is 0 Å². The molecule has 0 radical (unpaired) electrons. The van der Waals surface area contributed by atoms with Crippen molar-refractivity contribution in [2.24, 2.45) is 0 Å². The predicted molar refractivity (Wildman–Crippen MR) is 53.4 cm³/mol. The fourth-order valence-electron chi connectivity index (χ4n) is 1.23. The Morgan fingerprint density at radius 3 is 2.86 bits per heavy atom. The normalized spacial score (nSPS) is 9.86. The molecular formula is C9H12N2O3. The molecule has 1 aromatic rings. The van der Waals surface area contributed by atoms with Crippen LogP contribution in [0.1, 0.15) is 5.56 Å². The second-order valence-electron chi connectivity index (χ2n) is 2.88. The van der Waals surface area contributed by atoms with E-state index >= 15 is 0 Å². The number of nitrogens with zero attached hydrogens (tertiary/aromatic N) is 1. The summed E-state index contributed by atoms with van der Waals surface area (Å²) in [4.78, 5) is 10.3. The molecular weight excluding hydrogens is 184 g/mol. The molecule has 1 rings (SSSR count). The van der Waals surface area contributed by atoms with E-state index in [2.05, 4.69) is 5.32 Å². The number of aliphatic hydroxyl groups excluding tert-OH is 1. The van der Waals surface area contributed by atoms with Crippen molar-refractivity contribution in [3.63, 3.8) is 0 Å². The second-order valence-corrected chi connectivity index (χ2v) is 2.88. The van der Waals surface area contributed by atoms with Crippen LogP contribution in [0.3, 0.4) is 0 Å². The molecule has 0 aromatic heterocycles. The molecule has 0 heterocycles. The SMILES string of the molecule is Cc1cccc(NCCO)c1[N+](=O)[O-]. The molecule has 0 aliphatic heterocycles. The first-order valence-electron chi connectivity index (χ1n) is 4.25. The van der Waals surface area contributed by atoms with Gasteiger partial charge in [-0.3, -0.25) is 10.1 Å². The van der Waals surface area contributed by atoms with Gasteiger partial charge in [0.1, 0.15) is 5.69 Å². The van der Waals surface area contributed by atoms with Crippen LogP contribution in [0.5, 0.6) is 0 Å². The average molecular weight is 196 g/mol. The number of nitrogens with one attached hydrogen (secondary N) is 1. The Labute approximate surface area is 81.5 Å². The molecule has 5 heteroatoms. The summed E-state index contributed by atoms with van der Waals surface area (Å²) in [6.45, 7) is 1.94. The molecule has 0 fully saturated rings. The Balaban J connectivity index is 3.02. The number of rotatable bonds is 4. The van der Waals surface area contributed by atoms with Gasteiger partial charge in [0.25, 0.3) is 5.69 Å². The van der Waals surface area contributed by atoms with E-state index in [4.69, 9.17) is 5.11 Å². The monoisotopic (exact) mass is 196 g/mol. The molecule has 0 bridgehead atoms. The van der Waals surface area contributed by atoms with Crippen molar-refractivity contribution >= 4 is 11.4 Å². The summed E-state index contributed by atoms with van der Waals surface area (Å²) in [7, 11) is 0. The van der Waals surface area contributed by atoms with Crippen LogP contribution in [0, 0.1) is 17.0 Å². The van der Waals surface area contributed by atoms with E-state index in [0.717, 1.165) is 0 Å². The lowest BCUT2D eigenvalue weighted by molar-refractivity contribution is -0.384. The molecule has 0 aliphatic carbocycles. The number of benzene rings is 1. The molecule has 14 heavy (non-hydrogen) atoms. The van der Waals surface area contributed by atoms with Crippen molar-refractivity contribution in [3.05, 3.63) is 33.9 Å². The van der Waals surface area contributed by atoms with Crippen LogP contribution in [0.4, 0.5) is 11.4 Å². The summed E-state index contributed by atoms with van der Waals surface area (Å²) >= 11 is 0. The maximum absolute atomic E-state index is 10.7. The first-order chi connectivity index (χ1) is 6.66. The molecule has 1 aromatic carbocycles.